The normalized spacial score (nSPS) is 14.2. The van der Waals surface area contributed by atoms with Crippen molar-refractivity contribution in [2.45, 2.75) is 59.5 Å². The van der Waals surface area contributed by atoms with Crippen LogP contribution < -0.4 is 10.1 Å². The number of hydrogen-bond acceptors (Lipinski definition) is 4. The lowest BCUT2D eigenvalue weighted by molar-refractivity contribution is -0.149. The zero-order valence-electron chi connectivity index (χ0n) is 21.3. The van der Waals surface area contributed by atoms with Gasteiger partial charge < -0.3 is 24.8 Å². The first-order chi connectivity index (χ1) is 16.8. The molecular weight excluding hydrogens is 444 g/mol. The Labute approximate surface area is 208 Å². The van der Waals surface area contributed by atoms with Crippen molar-refractivity contribution in [3.63, 3.8) is 0 Å². The van der Waals surface area contributed by atoms with Gasteiger partial charge in [-0.1, -0.05) is 36.2 Å². The fourth-order valence-corrected chi connectivity index (χ4v) is 4.45. The Kier molecular flexibility index (Phi) is 9.55. The van der Waals surface area contributed by atoms with Crippen molar-refractivity contribution in [3.8, 4) is 5.75 Å². The first-order valence-electron chi connectivity index (χ1n) is 12.5. The van der Waals surface area contributed by atoms with Crippen molar-refractivity contribution in [2.24, 2.45) is 5.92 Å². The number of carboxylic acid groups (broad SMARTS) is 1. The van der Waals surface area contributed by atoms with Gasteiger partial charge in [-0.25, -0.2) is 9.59 Å². The average Bonchev–Trinajstić information content (AvgIpc) is 2.77. The maximum absolute atomic E-state index is 13.2. The molecule has 1 saturated carbocycles. The SMILES string of the molecule is CCOC(Cc1ccc(OCCN(CC2CCC2)C(=O)Nc2c(C)cc(C)cc2C)cc1)C(=O)O. The number of amides is 2. The zero-order chi connectivity index (χ0) is 25.4. The molecule has 0 spiro atoms. The summed E-state index contributed by atoms with van der Waals surface area (Å²) < 4.78 is 11.2. The average molecular weight is 483 g/mol. The van der Waals surface area contributed by atoms with E-state index in [-0.39, 0.29) is 6.03 Å². The highest BCUT2D eigenvalue weighted by molar-refractivity contribution is 5.91. The van der Waals surface area contributed by atoms with Gasteiger partial charge in [0.2, 0.25) is 0 Å². The van der Waals surface area contributed by atoms with Gasteiger partial charge in [0, 0.05) is 25.3 Å². The molecule has 35 heavy (non-hydrogen) atoms. The summed E-state index contributed by atoms with van der Waals surface area (Å²) >= 11 is 0. The van der Waals surface area contributed by atoms with E-state index >= 15 is 0 Å². The number of benzene rings is 2. The number of carbonyl (C=O) groups is 2. The molecule has 7 heteroatoms. The number of ether oxygens (including phenoxy) is 2. The largest absolute Gasteiger partial charge is 0.492 e. The van der Waals surface area contributed by atoms with Gasteiger partial charge in [-0.15, -0.1) is 0 Å². The third-order valence-electron chi connectivity index (χ3n) is 6.52. The minimum atomic E-state index is -0.965. The van der Waals surface area contributed by atoms with Crippen molar-refractivity contribution in [2.75, 3.05) is 31.6 Å². The van der Waals surface area contributed by atoms with Gasteiger partial charge in [0.05, 0.1) is 6.54 Å². The van der Waals surface area contributed by atoms with Crippen molar-refractivity contribution < 1.29 is 24.2 Å². The number of aliphatic carboxylic acids is 1. The third-order valence-corrected chi connectivity index (χ3v) is 6.52. The standard InChI is InChI=1S/C28H38N2O5/c1-5-34-25(27(31)32)17-22-9-11-24(12-10-22)35-14-13-30(18-23-7-6-8-23)28(33)29-26-20(3)15-19(2)16-21(26)4/h9-12,15-16,23,25H,5-8,13-14,17-18H2,1-4H3,(H,29,33)(H,31,32). The minimum Gasteiger partial charge on any atom is -0.492 e. The van der Waals surface area contributed by atoms with Gasteiger partial charge in [-0.05, 0) is 75.3 Å². The van der Waals surface area contributed by atoms with Gasteiger partial charge in [0.1, 0.15) is 12.4 Å². The van der Waals surface area contributed by atoms with E-state index in [0.717, 1.165) is 41.8 Å². The zero-order valence-corrected chi connectivity index (χ0v) is 21.3. The molecule has 2 N–H and O–H groups in total. The van der Waals surface area contributed by atoms with Crippen LogP contribution >= 0.6 is 0 Å². The van der Waals surface area contributed by atoms with Crippen LogP contribution in [0.2, 0.25) is 0 Å². The van der Waals surface area contributed by atoms with Crippen molar-refractivity contribution >= 4 is 17.7 Å². The molecule has 0 bridgehead atoms. The smallest absolute Gasteiger partial charge is 0.333 e. The van der Waals surface area contributed by atoms with Gasteiger partial charge in [0.15, 0.2) is 6.10 Å². The summed E-state index contributed by atoms with van der Waals surface area (Å²) in [5.74, 6) is 0.270. The summed E-state index contributed by atoms with van der Waals surface area (Å²) in [7, 11) is 0. The van der Waals surface area contributed by atoms with E-state index in [0.29, 0.717) is 37.8 Å². The molecule has 0 radical (unpaired) electrons. The Bertz CT molecular complexity index is 978. The topological polar surface area (TPSA) is 88.1 Å². The van der Waals surface area contributed by atoms with E-state index in [2.05, 4.69) is 24.4 Å². The fourth-order valence-electron chi connectivity index (χ4n) is 4.45. The monoisotopic (exact) mass is 482 g/mol. The Balaban J connectivity index is 1.57. The number of nitrogens with one attached hydrogen (secondary N) is 1. The molecule has 7 nitrogen and oxygen atoms in total. The van der Waals surface area contributed by atoms with Crippen LogP contribution in [-0.2, 0) is 16.0 Å². The van der Waals surface area contributed by atoms with Crippen LogP contribution in [0.5, 0.6) is 5.75 Å². The Morgan fingerprint density at radius 2 is 1.77 bits per heavy atom. The Hall–Kier alpha value is -3.06. The molecule has 1 fully saturated rings. The third kappa shape index (κ3) is 7.72. The summed E-state index contributed by atoms with van der Waals surface area (Å²) in [6.45, 7) is 9.82. The maximum atomic E-state index is 13.2. The van der Waals surface area contributed by atoms with E-state index in [9.17, 15) is 14.7 Å². The highest BCUT2D eigenvalue weighted by Gasteiger charge is 2.24. The molecule has 2 aromatic carbocycles. The molecule has 1 aliphatic carbocycles. The van der Waals surface area contributed by atoms with E-state index in [4.69, 9.17) is 9.47 Å². The van der Waals surface area contributed by atoms with Gasteiger partial charge in [-0.3, -0.25) is 0 Å². The van der Waals surface area contributed by atoms with Crippen LogP contribution in [0.25, 0.3) is 0 Å². The highest BCUT2D eigenvalue weighted by atomic mass is 16.5. The lowest BCUT2D eigenvalue weighted by atomic mass is 9.85. The second-order valence-electron chi connectivity index (χ2n) is 9.43. The highest BCUT2D eigenvalue weighted by Crippen LogP contribution is 2.28. The molecule has 2 amide bonds. The molecule has 0 saturated heterocycles. The quantitative estimate of drug-likeness (QED) is 0.425. The summed E-state index contributed by atoms with van der Waals surface area (Å²) in [5.41, 5.74) is 5.05. The number of rotatable bonds is 12. The molecule has 3 rings (SSSR count). The van der Waals surface area contributed by atoms with E-state index in [1.807, 2.05) is 43.0 Å². The number of carboxylic acids is 1. The number of hydrogen-bond donors (Lipinski definition) is 2. The molecule has 0 heterocycles. The fraction of sp³-hybridized carbons (Fsp3) is 0.500. The molecular formula is C28H38N2O5. The Morgan fingerprint density at radius 3 is 2.31 bits per heavy atom. The first-order valence-corrected chi connectivity index (χ1v) is 12.5. The Morgan fingerprint density at radius 1 is 1.11 bits per heavy atom. The number of carbonyl (C=O) groups excluding carboxylic acids is 1. The minimum absolute atomic E-state index is 0.0958. The molecule has 1 unspecified atom stereocenters. The van der Waals surface area contributed by atoms with Crippen molar-refractivity contribution in [1.82, 2.24) is 4.90 Å². The van der Waals surface area contributed by atoms with E-state index in [1.165, 1.54) is 12.0 Å². The van der Waals surface area contributed by atoms with Crippen LogP contribution in [0.3, 0.4) is 0 Å². The number of aryl methyl sites for hydroxylation is 3. The number of urea groups is 1. The van der Waals surface area contributed by atoms with Gasteiger partial charge >= 0.3 is 12.0 Å². The lowest BCUT2D eigenvalue weighted by Gasteiger charge is -2.32. The van der Waals surface area contributed by atoms with Crippen LogP contribution in [-0.4, -0.2) is 54.4 Å². The van der Waals surface area contributed by atoms with Crippen molar-refractivity contribution in [3.05, 3.63) is 58.7 Å². The van der Waals surface area contributed by atoms with Crippen LogP contribution in [0.4, 0.5) is 10.5 Å². The summed E-state index contributed by atoms with van der Waals surface area (Å²) in [6.07, 6.45) is 3.00. The van der Waals surface area contributed by atoms with Gasteiger partial charge in [0.25, 0.3) is 0 Å². The van der Waals surface area contributed by atoms with Crippen molar-refractivity contribution in [1.29, 1.82) is 0 Å². The molecule has 2 aromatic rings. The second-order valence-corrected chi connectivity index (χ2v) is 9.43. The molecule has 1 atom stereocenters. The van der Waals surface area contributed by atoms with Crippen LogP contribution in [0.15, 0.2) is 36.4 Å². The predicted molar refractivity (Wildman–Crippen MR) is 137 cm³/mol. The van der Waals surface area contributed by atoms with E-state index in [1.54, 1.807) is 6.92 Å². The van der Waals surface area contributed by atoms with Crippen LogP contribution in [0, 0.1) is 26.7 Å². The number of anilines is 1. The second kappa shape index (κ2) is 12.6. The summed E-state index contributed by atoms with van der Waals surface area (Å²) in [6, 6.07) is 11.4. The predicted octanol–water partition coefficient (Wildman–Crippen LogP) is 5.36. The summed E-state index contributed by atoms with van der Waals surface area (Å²) in [5, 5.41) is 12.4. The lowest BCUT2D eigenvalue weighted by Crippen LogP contribution is -2.42. The molecule has 190 valence electrons. The van der Waals surface area contributed by atoms with Crippen LogP contribution in [0.1, 0.15) is 48.4 Å². The molecule has 0 aliphatic heterocycles. The summed E-state index contributed by atoms with van der Waals surface area (Å²) in [4.78, 5) is 26.3. The van der Waals surface area contributed by atoms with Gasteiger partial charge in [-0.2, -0.15) is 0 Å². The first kappa shape index (κ1) is 26.5. The maximum Gasteiger partial charge on any atom is 0.333 e. The van der Waals surface area contributed by atoms with E-state index < -0.39 is 12.1 Å². The molecule has 0 aromatic heterocycles. The number of nitrogens with zero attached hydrogens (tertiary/aromatic N) is 1. The molecule has 1 aliphatic rings.